The van der Waals surface area contributed by atoms with Crippen LogP contribution < -0.4 is 0 Å². The first-order valence-electron chi connectivity index (χ1n) is 4.05. The van der Waals surface area contributed by atoms with Crippen molar-refractivity contribution in [3.63, 3.8) is 0 Å². The highest BCUT2D eigenvalue weighted by atomic mass is 35.5. The standard InChI is InChI=1S/C9H17ClNO2/c1-7(6-10)9(12)13-8(2)11(3,4)5/h8H,1,6H2,2-5H3/q+1. The molecule has 0 aromatic carbocycles. The van der Waals surface area contributed by atoms with Gasteiger partial charge < -0.3 is 4.74 Å². The molecule has 0 saturated heterocycles. The normalized spacial score (nSPS) is 13.6. The van der Waals surface area contributed by atoms with Crippen LogP contribution in [0.5, 0.6) is 0 Å². The molecule has 3 nitrogen and oxygen atoms in total. The highest BCUT2D eigenvalue weighted by Crippen LogP contribution is 2.07. The van der Waals surface area contributed by atoms with E-state index in [2.05, 4.69) is 6.58 Å². The van der Waals surface area contributed by atoms with E-state index >= 15 is 0 Å². The molecule has 1 atom stereocenters. The van der Waals surface area contributed by atoms with E-state index in [1.807, 2.05) is 28.1 Å². The minimum absolute atomic E-state index is 0.114. The maximum absolute atomic E-state index is 11.2. The highest BCUT2D eigenvalue weighted by molar-refractivity contribution is 6.22. The van der Waals surface area contributed by atoms with Crippen LogP contribution in [0.4, 0.5) is 0 Å². The van der Waals surface area contributed by atoms with Crippen LogP contribution in [0.1, 0.15) is 6.92 Å². The average Bonchev–Trinajstić information content (AvgIpc) is 2.01. The van der Waals surface area contributed by atoms with E-state index in [1.165, 1.54) is 0 Å². The molecule has 0 aliphatic heterocycles. The van der Waals surface area contributed by atoms with Crippen molar-refractivity contribution in [1.82, 2.24) is 0 Å². The molecule has 13 heavy (non-hydrogen) atoms. The van der Waals surface area contributed by atoms with Gasteiger partial charge in [0, 0.05) is 12.5 Å². The Kier molecular flexibility index (Phi) is 4.44. The summed E-state index contributed by atoms with van der Waals surface area (Å²) in [5.41, 5.74) is 0.293. The molecule has 0 saturated carbocycles. The third kappa shape index (κ3) is 4.29. The SMILES string of the molecule is C=C(CCl)C(=O)OC(C)[N+](C)(C)C. The number of hydrogen-bond acceptors (Lipinski definition) is 2. The molecule has 0 radical (unpaired) electrons. The van der Waals surface area contributed by atoms with Gasteiger partial charge in [0.25, 0.3) is 0 Å². The zero-order valence-corrected chi connectivity index (χ0v) is 9.39. The van der Waals surface area contributed by atoms with Crippen LogP contribution >= 0.6 is 11.6 Å². The summed E-state index contributed by atoms with van der Waals surface area (Å²) in [5.74, 6) is -0.307. The molecule has 0 bridgehead atoms. The maximum Gasteiger partial charge on any atom is 0.339 e. The predicted molar refractivity (Wildman–Crippen MR) is 53.4 cm³/mol. The number of esters is 1. The zero-order chi connectivity index (χ0) is 10.6. The van der Waals surface area contributed by atoms with Crippen molar-refractivity contribution in [2.75, 3.05) is 27.0 Å². The van der Waals surface area contributed by atoms with E-state index in [0.29, 0.717) is 10.1 Å². The second-order valence-corrected chi connectivity index (χ2v) is 4.13. The molecule has 4 heteroatoms. The number of carbonyl (C=O) groups excluding carboxylic acids is 1. The molecule has 0 aliphatic carbocycles. The Morgan fingerprint density at radius 1 is 1.54 bits per heavy atom. The highest BCUT2D eigenvalue weighted by Gasteiger charge is 2.23. The van der Waals surface area contributed by atoms with Crippen LogP contribution in [-0.4, -0.2) is 43.7 Å². The summed E-state index contributed by atoms with van der Waals surface area (Å²) in [6, 6.07) is 0. The molecule has 0 rings (SSSR count). The van der Waals surface area contributed by atoms with Gasteiger partial charge in [-0.25, -0.2) is 4.79 Å². The molecule has 0 aromatic rings. The first-order chi connectivity index (χ1) is 5.79. The zero-order valence-electron chi connectivity index (χ0n) is 8.63. The van der Waals surface area contributed by atoms with Crippen LogP contribution in [0.15, 0.2) is 12.2 Å². The summed E-state index contributed by atoms with van der Waals surface area (Å²) in [6.07, 6.45) is -0.201. The van der Waals surface area contributed by atoms with Gasteiger partial charge in [-0.15, -0.1) is 11.6 Å². The average molecular weight is 207 g/mol. The fraction of sp³-hybridized carbons (Fsp3) is 0.667. The number of rotatable bonds is 4. The quantitative estimate of drug-likeness (QED) is 0.228. The second-order valence-electron chi connectivity index (χ2n) is 3.86. The Hall–Kier alpha value is -0.540. The molecule has 0 aliphatic rings. The number of carbonyl (C=O) groups is 1. The Bertz CT molecular complexity index is 208. The molecule has 0 heterocycles. The van der Waals surface area contributed by atoms with Crippen LogP contribution in [0.2, 0.25) is 0 Å². The van der Waals surface area contributed by atoms with Crippen LogP contribution in [-0.2, 0) is 9.53 Å². The van der Waals surface area contributed by atoms with Gasteiger partial charge in [0.05, 0.1) is 27.0 Å². The summed E-state index contributed by atoms with van der Waals surface area (Å²) >= 11 is 5.44. The molecule has 0 N–H and O–H groups in total. The van der Waals surface area contributed by atoms with Crippen LogP contribution in [0, 0.1) is 0 Å². The lowest BCUT2D eigenvalue weighted by Gasteiger charge is -2.30. The van der Waals surface area contributed by atoms with Gasteiger partial charge in [0.1, 0.15) is 0 Å². The summed E-state index contributed by atoms with van der Waals surface area (Å²) < 4.78 is 5.67. The van der Waals surface area contributed by atoms with Crippen molar-refractivity contribution >= 4 is 17.6 Å². The van der Waals surface area contributed by atoms with Gasteiger partial charge >= 0.3 is 5.97 Å². The Balaban J connectivity index is 4.15. The largest absolute Gasteiger partial charge is 0.409 e. The molecule has 0 aromatic heterocycles. The van der Waals surface area contributed by atoms with Crippen molar-refractivity contribution in [2.24, 2.45) is 0 Å². The summed E-state index contributed by atoms with van der Waals surface area (Å²) in [7, 11) is 5.84. The number of ether oxygens (including phenoxy) is 1. The number of nitrogens with zero attached hydrogens (tertiary/aromatic N) is 1. The van der Waals surface area contributed by atoms with E-state index in [1.54, 1.807) is 0 Å². The first-order valence-corrected chi connectivity index (χ1v) is 4.58. The monoisotopic (exact) mass is 206 g/mol. The van der Waals surface area contributed by atoms with Crippen molar-refractivity contribution in [2.45, 2.75) is 13.2 Å². The van der Waals surface area contributed by atoms with E-state index in [4.69, 9.17) is 16.3 Å². The van der Waals surface area contributed by atoms with Crippen molar-refractivity contribution in [1.29, 1.82) is 0 Å². The molecular formula is C9H17ClNO2+. The van der Waals surface area contributed by atoms with Gasteiger partial charge in [-0.3, -0.25) is 4.48 Å². The summed E-state index contributed by atoms with van der Waals surface area (Å²) in [4.78, 5) is 11.2. The van der Waals surface area contributed by atoms with Gasteiger partial charge in [-0.1, -0.05) is 6.58 Å². The Labute approximate surface area is 84.5 Å². The van der Waals surface area contributed by atoms with E-state index in [0.717, 1.165) is 0 Å². The van der Waals surface area contributed by atoms with E-state index in [9.17, 15) is 4.79 Å². The van der Waals surface area contributed by atoms with E-state index in [-0.39, 0.29) is 12.1 Å². The number of hydrogen-bond donors (Lipinski definition) is 0. The number of alkyl halides is 1. The minimum atomic E-state index is -0.421. The third-order valence-corrected chi connectivity index (χ3v) is 2.14. The lowest BCUT2D eigenvalue weighted by molar-refractivity contribution is -0.914. The van der Waals surface area contributed by atoms with Crippen molar-refractivity contribution < 1.29 is 14.0 Å². The lowest BCUT2D eigenvalue weighted by Crippen LogP contribution is -2.45. The third-order valence-electron chi connectivity index (χ3n) is 1.82. The molecule has 0 amide bonds. The van der Waals surface area contributed by atoms with Gasteiger partial charge in [0.15, 0.2) is 0 Å². The molecule has 1 unspecified atom stereocenters. The van der Waals surface area contributed by atoms with Gasteiger partial charge in [-0.2, -0.15) is 0 Å². The molecule has 0 fully saturated rings. The number of halogens is 1. The van der Waals surface area contributed by atoms with Crippen molar-refractivity contribution in [3.05, 3.63) is 12.2 Å². The van der Waals surface area contributed by atoms with Crippen LogP contribution in [0.25, 0.3) is 0 Å². The molecule has 0 spiro atoms. The Morgan fingerprint density at radius 2 is 2.00 bits per heavy atom. The predicted octanol–water partition coefficient (Wildman–Crippen LogP) is 1.38. The summed E-state index contributed by atoms with van der Waals surface area (Å²) in [6.45, 7) is 5.33. The van der Waals surface area contributed by atoms with Crippen molar-refractivity contribution in [3.8, 4) is 0 Å². The minimum Gasteiger partial charge on any atom is -0.409 e. The van der Waals surface area contributed by atoms with Crippen LogP contribution in [0.3, 0.4) is 0 Å². The maximum atomic E-state index is 11.2. The number of quaternary nitrogens is 1. The first kappa shape index (κ1) is 12.5. The van der Waals surface area contributed by atoms with E-state index < -0.39 is 5.97 Å². The molecular weight excluding hydrogens is 190 g/mol. The second kappa shape index (κ2) is 4.63. The fourth-order valence-electron chi connectivity index (χ4n) is 0.451. The fourth-order valence-corrected chi connectivity index (χ4v) is 0.560. The van der Waals surface area contributed by atoms with Gasteiger partial charge in [-0.05, 0) is 0 Å². The lowest BCUT2D eigenvalue weighted by atomic mass is 10.3. The Morgan fingerprint density at radius 3 is 2.31 bits per heavy atom. The topological polar surface area (TPSA) is 26.3 Å². The smallest absolute Gasteiger partial charge is 0.339 e. The summed E-state index contributed by atoms with van der Waals surface area (Å²) in [5, 5.41) is 0. The molecule has 76 valence electrons. The van der Waals surface area contributed by atoms with Gasteiger partial charge in [0.2, 0.25) is 6.23 Å².